The Morgan fingerprint density at radius 3 is 2.24 bits per heavy atom. The molecule has 1 aromatic rings. The number of amides is 2. The number of carbonyl (C=O) groups excluding carboxylic acids is 2. The zero-order chi connectivity index (χ0) is 21.1. The van der Waals surface area contributed by atoms with Gasteiger partial charge < -0.3 is 0 Å². The quantitative estimate of drug-likeness (QED) is 0.383. The van der Waals surface area contributed by atoms with E-state index < -0.39 is 17.2 Å². The van der Waals surface area contributed by atoms with Gasteiger partial charge in [0.15, 0.2) is 0 Å². The third kappa shape index (κ3) is 7.16. The highest BCUT2D eigenvalue weighted by Crippen LogP contribution is 2.44. The lowest BCUT2D eigenvalue weighted by Gasteiger charge is -2.11. The smallest absolute Gasteiger partial charge is 0.269 e. The van der Waals surface area contributed by atoms with Crippen molar-refractivity contribution >= 4 is 11.8 Å². The highest BCUT2D eigenvalue weighted by molar-refractivity contribution is 5.97. The molecule has 1 aliphatic rings. The molecule has 0 spiro atoms. The zero-order valence-corrected chi connectivity index (χ0v) is 17.4. The Morgan fingerprint density at radius 2 is 1.66 bits per heavy atom. The predicted molar refractivity (Wildman–Crippen MR) is 110 cm³/mol. The Labute approximate surface area is 173 Å². The molecule has 0 saturated heterocycles. The summed E-state index contributed by atoms with van der Waals surface area (Å²) in [5.74, 6) is -1.32. The number of aryl methyl sites for hydroxylation is 1. The largest absolute Gasteiger partial charge is 0.271 e. The highest BCUT2D eigenvalue weighted by Gasteiger charge is 2.50. The molecule has 0 bridgehead atoms. The van der Waals surface area contributed by atoms with Crippen LogP contribution in [-0.4, -0.2) is 11.8 Å². The van der Waals surface area contributed by atoms with Crippen LogP contribution < -0.4 is 10.9 Å². The Bertz CT molecular complexity index is 738. The van der Waals surface area contributed by atoms with Crippen LogP contribution in [0.3, 0.4) is 0 Å². The van der Waals surface area contributed by atoms with Crippen LogP contribution >= 0.6 is 0 Å². The van der Waals surface area contributed by atoms with Gasteiger partial charge in [0.1, 0.15) is 11.2 Å². The number of nitriles is 1. The van der Waals surface area contributed by atoms with Crippen LogP contribution in [0.1, 0.15) is 93.5 Å². The molecule has 1 aliphatic carbocycles. The van der Waals surface area contributed by atoms with E-state index in [-0.39, 0.29) is 5.82 Å². The van der Waals surface area contributed by atoms with E-state index in [4.69, 9.17) is 5.26 Å². The lowest BCUT2D eigenvalue weighted by Crippen LogP contribution is -2.45. The van der Waals surface area contributed by atoms with E-state index in [0.717, 1.165) is 19.3 Å². The maximum Gasteiger partial charge on any atom is 0.269 e. The van der Waals surface area contributed by atoms with Gasteiger partial charge in [0.05, 0.1) is 6.07 Å². The number of nitrogens with one attached hydrogen (secondary N) is 2. The number of nitrogens with zero attached hydrogens (tertiary/aromatic N) is 1. The molecular formula is C23H32FN3O2. The fourth-order valence-corrected chi connectivity index (χ4v) is 3.35. The first kappa shape index (κ1) is 22.9. The Kier molecular flexibility index (Phi) is 9.11. The van der Waals surface area contributed by atoms with Crippen LogP contribution in [0.15, 0.2) is 18.2 Å². The van der Waals surface area contributed by atoms with E-state index in [2.05, 4.69) is 17.8 Å². The number of hydrogen-bond donors (Lipinski definition) is 2. The number of hydrazine groups is 1. The maximum atomic E-state index is 14.1. The van der Waals surface area contributed by atoms with Crippen molar-refractivity contribution in [3.8, 4) is 6.07 Å². The topological polar surface area (TPSA) is 82.0 Å². The van der Waals surface area contributed by atoms with Crippen molar-refractivity contribution in [2.24, 2.45) is 5.41 Å². The third-order valence-electron chi connectivity index (χ3n) is 5.55. The van der Waals surface area contributed by atoms with E-state index >= 15 is 0 Å². The zero-order valence-electron chi connectivity index (χ0n) is 17.4. The molecule has 29 heavy (non-hydrogen) atoms. The van der Waals surface area contributed by atoms with Gasteiger partial charge in [0, 0.05) is 5.56 Å². The molecule has 1 aromatic carbocycles. The van der Waals surface area contributed by atoms with Gasteiger partial charge in [0.2, 0.25) is 0 Å². The van der Waals surface area contributed by atoms with Crippen molar-refractivity contribution in [1.29, 1.82) is 5.26 Å². The summed E-state index contributed by atoms with van der Waals surface area (Å²) in [6, 6.07) is 6.20. The van der Waals surface area contributed by atoms with Crippen LogP contribution in [-0.2, 0) is 11.2 Å². The summed E-state index contributed by atoms with van der Waals surface area (Å²) in [7, 11) is 0. The number of rotatable bonds is 12. The van der Waals surface area contributed by atoms with Crippen molar-refractivity contribution in [3.05, 3.63) is 35.1 Å². The van der Waals surface area contributed by atoms with Crippen LogP contribution in [0.5, 0.6) is 0 Å². The molecule has 2 rings (SSSR count). The number of halogens is 1. The van der Waals surface area contributed by atoms with Gasteiger partial charge in [-0.2, -0.15) is 5.26 Å². The second kappa shape index (κ2) is 11.5. The van der Waals surface area contributed by atoms with Gasteiger partial charge in [-0.25, -0.2) is 4.39 Å². The molecular weight excluding hydrogens is 369 g/mol. The van der Waals surface area contributed by atoms with Gasteiger partial charge in [-0.3, -0.25) is 20.4 Å². The third-order valence-corrected chi connectivity index (χ3v) is 5.55. The highest BCUT2D eigenvalue weighted by atomic mass is 19.1. The number of benzene rings is 1. The summed E-state index contributed by atoms with van der Waals surface area (Å²) in [5.41, 5.74) is 4.42. The molecule has 158 valence electrons. The molecule has 6 heteroatoms. The average molecular weight is 402 g/mol. The fourth-order valence-electron chi connectivity index (χ4n) is 3.35. The molecule has 0 aromatic heterocycles. The van der Waals surface area contributed by atoms with Crippen molar-refractivity contribution in [3.63, 3.8) is 0 Å². The fraction of sp³-hybridized carbons (Fsp3) is 0.609. The lowest BCUT2D eigenvalue weighted by molar-refractivity contribution is -0.125. The first-order chi connectivity index (χ1) is 14.0. The summed E-state index contributed by atoms with van der Waals surface area (Å²) in [5, 5.41) is 9.00. The standard InChI is InChI=1S/C23H32FN3O2/c1-2-3-4-5-6-7-8-9-10-11-18-16-19(12-13-20(18)24)21(28)26-27-22(29)23(17-25)14-15-23/h12-13,16H,2-11,14-15H2,1H3,(H,26,28)(H,27,29). The minimum Gasteiger partial charge on any atom is -0.271 e. The van der Waals surface area contributed by atoms with Crippen molar-refractivity contribution in [2.75, 3.05) is 0 Å². The summed E-state index contributed by atoms with van der Waals surface area (Å²) in [6.45, 7) is 2.21. The molecule has 0 aliphatic heterocycles. The minimum atomic E-state index is -1.00. The molecule has 5 nitrogen and oxygen atoms in total. The molecule has 0 radical (unpaired) electrons. The van der Waals surface area contributed by atoms with Crippen LogP contribution in [0.4, 0.5) is 4.39 Å². The van der Waals surface area contributed by atoms with Crippen LogP contribution in [0, 0.1) is 22.6 Å². The van der Waals surface area contributed by atoms with Gasteiger partial charge >= 0.3 is 0 Å². The van der Waals surface area contributed by atoms with Gasteiger partial charge in [0.25, 0.3) is 11.8 Å². The van der Waals surface area contributed by atoms with Gasteiger partial charge in [-0.05, 0) is 49.4 Å². The van der Waals surface area contributed by atoms with Crippen LogP contribution in [0.25, 0.3) is 0 Å². The molecule has 0 heterocycles. The second-order valence-electron chi connectivity index (χ2n) is 7.99. The predicted octanol–water partition coefficient (Wildman–Crippen LogP) is 4.96. The molecule has 0 unspecified atom stereocenters. The van der Waals surface area contributed by atoms with Gasteiger partial charge in [-0.15, -0.1) is 0 Å². The first-order valence-corrected chi connectivity index (χ1v) is 10.8. The van der Waals surface area contributed by atoms with E-state index in [1.54, 1.807) is 6.07 Å². The Balaban J connectivity index is 1.72. The molecule has 2 amide bonds. The first-order valence-electron chi connectivity index (χ1n) is 10.8. The SMILES string of the molecule is CCCCCCCCCCCc1cc(C(=O)NNC(=O)C2(C#N)CC2)ccc1F. The molecule has 2 N–H and O–H groups in total. The Morgan fingerprint density at radius 1 is 1.03 bits per heavy atom. The second-order valence-corrected chi connectivity index (χ2v) is 7.99. The van der Waals surface area contributed by atoms with E-state index in [9.17, 15) is 14.0 Å². The summed E-state index contributed by atoms with van der Waals surface area (Å²) >= 11 is 0. The Hall–Kier alpha value is -2.42. The average Bonchev–Trinajstić information content (AvgIpc) is 3.53. The minimum absolute atomic E-state index is 0.291. The lowest BCUT2D eigenvalue weighted by atomic mass is 10.0. The molecule has 1 fully saturated rings. The van der Waals surface area contributed by atoms with E-state index in [1.165, 1.54) is 50.7 Å². The van der Waals surface area contributed by atoms with E-state index in [1.807, 2.05) is 6.07 Å². The van der Waals surface area contributed by atoms with Crippen molar-refractivity contribution in [1.82, 2.24) is 10.9 Å². The molecule has 0 atom stereocenters. The summed E-state index contributed by atoms with van der Waals surface area (Å²) in [6.07, 6.45) is 12.4. The van der Waals surface area contributed by atoms with Crippen molar-refractivity contribution in [2.45, 2.75) is 84.0 Å². The van der Waals surface area contributed by atoms with Crippen molar-refractivity contribution < 1.29 is 14.0 Å². The summed E-state index contributed by atoms with van der Waals surface area (Å²) < 4.78 is 14.1. The van der Waals surface area contributed by atoms with E-state index in [0.29, 0.717) is 30.4 Å². The van der Waals surface area contributed by atoms with Crippen LogP contribution in [0.2, 0.25) is 0 Å². The number of carbonyl (C=O) groups is 2. The molecule has 1 saturated carbocycles. The number of hydrogen-bond acceptors (Lipinski definition) is 3. The maximum absolute atomic E-state index is 14.1. The van der Waals surface area contributed by atoms with Gasteiger partial charge in [-0.1, -0.05) is 58.3 Å². The monoisotopic (exact) mass is 401 g/mol. The number of unbranched alkanes of at least 4 members (excludes halogenated alkanes) is 8. The normalized spacial score (nSPS) is 14.1. The summed E-state index contributed by atoms with van der Waals surface area (Å²) in [4.78, 5) is 24.1.